The minimum atomic E-state index is -3.43. The van der Waals surface area contributed by atoms with Gasteiger partial charge in [0.15, 0.2) is 0 Å². The molecular weight excluding hydrogens is 721 g/mol. The molecule has 6 aromatic rings. The van der Waals surface area contributed by atoms with Crippen molar-refractivity contribution in [2.24, 2.45) is 4.52 Å². The normalized spacial score (nSPS) is 13.3. The van der Waals surface area contributed by atoms with E-state index in [0.717, 1.165) is 33.4 Å². The Morgan fingerprint density at radius 1 is 0.453 bits per heavy atom. The average Bonchev–Trinajstić information content (AvgIpc) is 3.20. The zero-order chi connectivity index (χ0) is 36.7. The molecule has 272 valence electrons. The maximum atomic E-state index is 6.74. The van der Waals surface area contributed by atoms with E-state index in [1.54, 1.807) is 0 Å². The summed E-state index contributed by atoms with van der Waals surface area (Å²) in [4.78, 5) is 3.44. The summed E-state index contributed by atoms with van der Waals surface area (Å²) in [6.45, 7) is 6.73. The number of hydrogen-bond donors (Lipinski definition) is 1. The van der Waals surface area contributed by atoms with Gasteiger partial charge in [-0.05, 0) is 90.6 Å². The minimum absolute atomic E-state index is 0.286. The van der Waals surface area contributed by atoms with Crippen LogP contribution in [0.2, 0.25) is 0 Å². The first-order valence-electron chi connectivity index (χ1n) is 17.5. The molecule has 0 amide bonds. The van der Waals surface area contributed by atoms with E-state index in [1.807, 2.05) is 148 Å². The van der Waals surface area contributed by atoms with E-state index in [4.69, 9.17) is 31.7 Å². The molecule has 3 unspecified atom stereocenters. The van der Waals surface area contributed by atoms with Crippen molar-refractivity contribution in [1.29, 1.82) is 0 Å². The van der Waals surface area contributed by atoms with Gasteiger partial charge in [-0.3, -0.25) is 0 Å². The summed E-state index contributed by atoms with van der Waals surface area (Å²) in [5, 5.41) is 0. The van der Waals surface area contributed by atoms with Crippen LogP contribution in [0.25, 0.3) is 33.4 Å². The number of nitrogens with zero attached hydrogens (tertiary/aromatic N) is 1. The van der Waals surface area contributed by atoms with Crippen LogP contribution in [-0.2, 0) is 13.6 Å². The fraction of sp³-hybridized carbons (Fsp3) is 0.143. The van der Waals surface area contributed by atoms with Crippen LogP contribution in [0, 0.1) is 0 Å². The third kappa shape index (κ3) is 11.1. The van der Waals surface area contributed by atoms with E-state index < -0.39 is 24.7 Å². The lowest BCUT2D eigenvalue weighted by molar-refractivity contribution is 0.303. The van der Waals surface area contributed by atoms with Gasteiger partial charge >= 0.3 is 24.7 Å². The van der Waals surface area contributed by atoms with Crippen LogP contribution in [-0.4, -0.2) is 19.8 Å². The van der Waals surface area contributed by atoms with E-state index in [9.17, 15) is 0 Å². The van der Waals surface area contributed by atoms with Gasteiger partial charge in [0.05, 0.1) is 19.8 Å². The van der Waals surface area contributed by atoms with Crippen LogP contribution in [0.4, 0.5) is 0 Å². The standard InChI is InChI=1S/C42H43N2O6P3/c1-4-45-51(48-40-28-22-37(23-29-40)34-16-10-7-11-17-34)43-53(47-6-3,50-42-32-26-39(27-33-42)36-20-14-9-15-21-36)44-52(46-5-2)49-41-30-24-38(25-31-41)35-18-12-8-13-19-35/h7-33,43H,4-6H2,1-3H3. The third-order valence-corrected chi connectivity index (χ3v) is 13.6. The van der Waals surface area contributed by atoms with Gasteiger partial charge in [-0.15, -0.1) is 9.37 Å². The maximum Gasteiger partial charge on any atom is 0.377 e. The molecule has 0 saturated heterocycles. The van der Waals surface area contributed by atoms with Crippen molar-refractivity contribution in [3.8, 4) is 50.6 Å². The van der Waals surface area contributed by atoms with Crippen molar-refractivity contribution in [1.82, 2.24) is 4.86 Å². The molecule has 3 atom stereocenters. The maximum absolute atomic E-state index is 6.74. The molecule has 0 radical (unpaired) electrons. The largest absolute Gasteiger partial charge is 0.436 e. The molecule has 11 heteroatoms. The van der Waals surface area contributed by atoms with Crippen LogP contribution in [0.5, 0.6) is 17.2 Å². The van der Waals surface area contributed by atoms with Crippen molar-refractivity contribution in [3.05, 3.63) is 164 Å². The van der Waals surface area contributed by atoms with Crippen molar-refractivity contribution < 1.29 is 27.1 Å². The topological polar surface area (TPSA) is 79.8 Å². The Morgan fingerprint density at radius 2 is 0.849 bits per heavy atom. The first kappa shape index (κ1) is 38.4. The highest BCUT2D eigenvalue weighted by atomic mass is 31.3. The molecular formula is C42H43N2O6P3. The summed E-state index contributed by atoms with van der Waals surface area (Å²) < 4.78 is 43.4. The summed E-state index contributed by atoms with van der Waals surface area (Å²) in [7, 11) is -7.15. The third-order valence-electron chi connectivity index (χ3n) is 7.67. The highest BCUT2D eigenvalue weighted by Crippen LogP contribution is 2.62. The van der Waals surface area contributed by atoms with Crippen LogP contribution < -0.4 is 18.4 Å². The number of benzene rings is 6. The average molecular weight is 765 g/mol. The smallest absolute Gasteiger partial charge is 0.377 e. The molecule has 0 aliphatic carbocycles. The first-order valence-corrected chi connectivity index (χ1v) is 21.4. The van der Waals surface area contributed by atoms with E-state index in [-0.39, 0.29) is 6.61 Å². The molecule has 0 bridgehead atoms. The highest BCUT2D eigenvalue weighted by molar-refractivity contribution is 7.70. The van der Waals surface area contributed by atoms with Crippen molar-refractivity contribution in [2.75, 3.05) is 19.8 Å². The van der Waals surface area contributed by atoms with Gasteiger partial charge in [-0.2, -0.15) is 0 Å². The molecule has 0 aliphatic heterocycles. The van der Waals surface area contributed by atoms with Gasteiger partial charge in [0.2, 0.25) is 0 Å². The summed E-state index contributed by atoms with van der Waals surface area (Å²) in [6.07, 6.45) is 0. The summed E-state index contributed by atoms with van der Waals surface area (Å²) in [5.41, 5.74) is 6.55. The van der Waals surface area contributed by atoms with Gasteiger partial charge in [0, 0.05) is 0 Å². The van der Waals surface area contributed by atoms with E-state index >= 15 is 0 Å². The summed E-state index contributed by atoms with van der Waals surface area (Å²) >= 11 is 0. The SMILES string of the molecule is CCOP(N=P(NP(OCC)Oc1ccc(-c2ccccc2)cc1)(OCC)Oc1ccc(-c2ccccc2)cc1)Oc1ccc(-c2ccccc2)cc1. The van der Waals surface area contributed by atoms with Gasteiger partial charge in [0.1, 0.15) is 17.2 Å². The Kier molecular flexibility index (Phi) is 14.2. The fourth-order valence-corrected chi connectivity index (χ4v) is 10.8. The van der Waals surface area contributed by atoms with Crippen LogP contribution in [0.3, 0.4) is 0 Å². The van der Waals surface area contributed by atoms with Gasteiger partial charge in [0.25, 0.3) is 0 Å². The molecule has 6 aromatic carbocycles. The summed E-state index contributed by atoms with van der Waals surface area (Å²) in [5.74, 6) is 1.79. The Morgan fingerprint density at radius 3 is 1.26 bits per heavy atom. The number of nitrogens with one attached hydrogen (secondary N) is 1. The monoisotopic (exact) mass is 764 g/mol. The lowest BCUT2D eigenvalue weighted by Crippen LogP contribution is -2.16. The molecule has 8 nitrogen and oxygen atoms in total. The second-order valence-corrected chi connectivity index (χ2v) is 16.3. The zero-order valence-corrected chi connectivity index (χ0v) is 32.6. The van der Waals surface area contributed by atoms with Crippen LogP contribution in [0.1, 0.15) is 20.8 Å². The number of hydrogen-bond acceptors (Lipinski definition) is 7. The van der Waals surface area contributed by atoms with Crippen LogP contribution in [0.15, 0.2) is 168 Å². The molecule has 0 fully saturated rings. The summed E-state index contributed by atoms with van der Waals surface area (Å²) in [6, 6.07) is 54.2. The highest BCUT2D eigenvalue weighted by Gasteiger charge is 2.34. The van der Waals surface area contributed by atoms with Crippen molar-refractivity contribution in [3.63, 3.8) is 0 Å². The zero-order valence-electron chi connectivity index (χ0n) is 29.9. The molecule has 1 N–H and O–H groups in total. The molecule has 0 aliphatic rings. The fourth-order valence-electron chi connectivity index (χ4n) is 5.23. The molecule has 0 aromatic heterocycles. The van der Waals surface area contributed by atoms with Gasteiger partial charge in [-0.25, -0.2) is 0 Å². The molecule has 0 saturated carbocycles. The Balaban J connectivity index is 1.32. The van der Waals surface area contributed by atoms with E-state index in [1.165, 1.54) is 0 Å². The Hall–Kier alpha value is -4.35. The van der Waals surface area contributed by atoms with E-state index in [0.29, 0.717) is 30.5 Å². The van der Waals surface area contributed by atoms with Crippen molar-refractivity contribution >= 4 is 24.7 Å². The lowest BCUT2D eigenvalue weighted by Gasteiger charge is -2.29. The Labute approximate surface area is 315 Å². The second-order valence-electron chi connectivity index (χ2n) is 11.4. The minimum Gasteiger partial charge on any atom is -0.436 e. The van der Waals surface area contributed by atoms with E-state index in [2.05, 4.69) is 41.3 Å². The molecule has 6 rings (SSSR count). The predicted molar refractivity (Wildman–Crippen MR) is 219 cm³/mol. The molecule has 53 heavy (non-hydrogen) atoms. The Bertz CT molecular complexity index is 2020. The number of rotatable bonds is 18. The first-order chi connectivity index (χ1) is 26.1. The lowest BCUT2D eigenvalue weighted by atomic mass is 10.1. The predicted octanol–water partition coefficient (Wildman–Crippen LogP) is 13.3. The molecule has 0 heterocycles. The quantitative estimate of drug-likeness (QED) is 0.0873. The van der Waals surface area contributed by atoms with Crippen molar-refractivity contribution in [2.45, 2.75) is 20.8 Å². The van der Waals surface area contributed by atoms with Gasteiger partial charge in [-0.1, -0.05) is 127 Å². The second kappa shape index (κ2) is 19.6. The van der Waals surface area contributed by atoms with Crippen LogP contribution >= 0.6 is 24.7 Å². The van der Waals surface area contributed by atoms with Gasteiger partial charge < -0.3 is 27.1 Å². The molecule has 0 spiro atoms.